The molecule has 1 aliphatic rings. The van der Waals surface area contributed by atoms with Crippen molar-refractivity contribution in [1.29, 1.82) is 0 Å². The maximum Gasteiger partial charge on any atom is 0.0930 e. The molecule has 2 heterocycles. The second kappa shape index (κ2) is 5.78. The number of thiazole rings is 1. The molecule has 1 aliphatic heterocycles. The Balaban J connectivity index is 1.96. The van der Waals surface area contributed by atoms with Gasteiger partial charge in [0.15, 0.2) is 0 Å². The molecule has 0 amide bonds. The van der Waals surface area contributed by atoms with E-state index in [1.807, 2.05) is 11.3 Å². The molecule has 3 heteroatoms. The van der Waals surface area contributed by atoms with E-state index in [1.165, 1.54) is 54.2 Å². The Labute approximate surface area is 102 Å². The molecule has 0 bridgehead atoms. The molecule has 90 valence electrons. The molecule has 0 spiro atoms. The predicted octanol–water partition coefficient (Wildman–Crippen LogP) is 3.09. The van der Waals surface area contributed by atoms with Gasteiger partial charge in [0.05, 0.1) is 10.7 Å². The molecule has 1 saturated heterocycles. The molecule has 0 saturated carbocycles. The zero-order chi connectivity index (χ0) is 11.4. The minimum absolute atomic E-state index is 0.697. The monoisotopic (exact) mass is 238 g/mol. The highest BCUT2D eigenvalue weighted by Crippen LogP contribution is 2.22. The van der Waals surface area contributed by atoms with Crippen molar-refractivity contribution in [2.45, 2.75) is 58.4 Å². The average molecular weight is 238 g/mol. The van der Waals surface area contributed by atoms with Gasteiger partial charge >= 0.3 is 0 Å². The second-order valence-corrected chi connectivity index (χ2v) is 5.89. The topological polar surface area (TPSA) is 24.9 Å². The molecule has 2 rings (SSSR count). The lowest BCUT2D eigenvalue weighted by molar-refractivity contribution is 0.400. The largest absolute Gasteiger partial charge is 0.314 e. The normalized spacial score (nSPS) is 21.2. The summed E-state index contributed by atoms with van der Waals surface area (Å²) in [7, 11) is 0. The van der Waals surface area contributed by atoms with E-state index in [4.69, 9.17) is 0 Å². The molecule has 1 aromatic rings. The molecule has 1 unspecified atom stereocenters. The molecule has 0 radical (unpaired) electrons. The third-order valence-corrected chi connectivity index (χ3v) is 4.48. The fraction of sp³-hybridized carbons (Fsp3) is 0.769. The number of aryl methyl sites for hydroxylation is 2. The first-order valence-electron chi connectivity index (χ1n) is 6.48. The average Bonchev–Trinajstić information content (AvgIpc) is 2.61. The first-order valence-corrected chi connectivity index (χ1v) is 7.29. The SMILES string of the molecule is CCCc1nc(C)c(CC2CCCCN2)s1. The van der Waals surface area contributed by atoms with Crippen LogP contribution in [0, 0.1) is 6.92 Å². The lowest BCUT2D eigenvalue weighted by Gasteiger charge is -2.22. The van der Waals surface area contributed by atoms with Crippen molar-refractivity contribution in [3.05, 3.63) is 15.6 Å². The van der Waals surface area contributed by atoms with Crippen molar-refractivity contribution >= 4 is 11.3 Å². The van der Waals surface area contributed by atoms with E-state index in [-0.39, 0.29) is 0 Å². The molecule has 1 atom stereocenters. The zero-order valence-electron chi connectivity index (χ0n) is 10.4. The summed E-state index contributed by atoms with van der Waals surface area (Å²) in [6, 6.07) is 0.697. The molecule has 0 aromatic carbocycles. The van der Waals surface area contributed by atoms with Gasteiger partial charge in [0.2, 0.25) is 0 Å². The minimum Gasteiger partial charge on any atom is -0.314 e. The first kappa shape index (κ1) is 12.1. The summed E-state index contributed by atoms with van der Waals surface area (Å²) in [5, 5.41) is 4.94. The third-order valence-electron chi connectivity index (χ3n) is 3.24. The lowest BCUT2D eigenvalue weighted by atomic mass is 10.0. The zero-order valence-corrected chi connectivity index (χ0v) is 11.2. The summed E-state index contributed by atoms with van der Waals surface area (Å²) < 4.78 is 0. The lowest BCUT2D eigenvalue weighted by Crippen LogP contribution is -2.35. The summed E-state index contributed by atoms with van der Waals surface area (Å²) in [4.78, 5) is 6.16. The smallest absolute Gasteiger partial charge is 0.0930 e. The van der Waals surface area contributed by atoms with Crippen molar-refractivity contribution in [2.75, 3.05) is 6.54 Å². The Bertz CT molecular complexity index is 327. The number of nitrogens with zero attached hydrogens (tertiary/aromatic N) is 1. The number of aromatic nitrogens is 1. The highest BCUT2D eigenvalue weighted by Gasteiger charge is 2.16. The fourth-order valence-electron chi connectivity index (χ4n) is 2.32. The van der Waals surface area contributed by atoms with Crippen LogP contribution in [0.3, 0.4) is 0 Å². The van der Waals surface area contributed by atoms with Gasteiger partial charge in [-0.15, -0.1) is 11.3 Å². The van der Waals surface area contributed by atoms with E-state index >= 15 is 0 Å². The van der Waals surface area contributed by atoms with Gasteiger partial charge in [-0.1, -0.05) is 13.3 Å². The van der Waals surface area contributed by atoms with Crippen LogP contribution in [0.5, 0.6) is 0 Å². The minimum atomic E-state index is 0.697. The Morgan fingerprint density at radius 1 is 1.44 bits per heavy atom. The molecule has 0 aliphatic carbocycles. The highest BCUT2D eigenvalue weighted by molar-refractivity contribution is 7.11. The Morgan fingerprint density at radius 2 is 2.31 bits per heavy atom. The van der Waals surface area contributed by atoms with Gasteiger partial charge in [-0.25, -0.2) is 4.98 Å². The quantitative estimate of drug-likeness (QED) is 0.872. The van der Waals surface area contributed by atoms with E-state index < -0.39 is 0 Å². The van der Waals surface area contributed by atoms with Gasteiger partial charge in [0.25, 0.3) is 0 Å². The van der Waals surface area contributed by atoms with Crippen molar-refractivity contribution in [3.8, 4) is 0 Å². The first-order chi connectivity index (χ1) is 7.79. The van der Waals surface area contributed by atoms with Crippen LogP contribution >= 0.6 is 11.3 Å². The number of hydrogen-bond donors (Lipinski definition) is 1. The molecular weight excluding hydrogens is 216 g/mol. The fourth-order valence-corrected chi connectivity index (χ4v) is 3.57. The molecule has 1 aromatic heterocycles. The Kier molecular flexibility index (Phi) is 4.36. The van der Waals surface area contributed by atoms with Crippen LogP contribution in [0.25, 0.3) is 0 Å². The van der Waals surface area contributed by atoms with Gasteiger partial charge in [-0.3, -0.25) is 0 Å². The molecule has 16 heavy (non-hydrogen) atoms. The van der Waals surface area contributed by atoms with Gasteiger partial charge < -0.3 is 5.32 Å². The predicted molar refractivity (Wildman–Crippen MR) is 70.2 cm³/mol. The maximum atomic E-state index is 4.66. The van der Waals surface area contributed by atoms with E-state index in [2.05, 4.69) is 24.1 Å². The van der Waals surface area contributed by atoms with Crippen LogP contribution in [-0.4, -0.2) is 17.6 Å². The standard InChI is InChI=1S/C13H22N2S/c1-3-6-13-15-10(2)12(16-13)9-11-7-4-5-8-14-11/h11,14H,3-9H2,1-2H3. The Morgan fingerprint density at radius 3 is 3.00 bits per heavy atom. The summed E-state index contributed by atoms with van der Waals surface area (Å²) in [6.07, 6.45) is 7.60. The second-order valence-electron chi connectivity index (χ2n) is 4.72. The number of nitrogens with one attached hydrogen (secondary N) is 1. The van der Waals surface area contributed by atoms with Crippen LogP contribution in [0.15, 0.2) is 0 Å². The summed E-state index contributed by atoms with van der Waals surface area (Å²) in [5.41, 5.74) is 1.26. The van der Waals surface area contributed by atoms with Crippen molar-refractivity contribution in [3.63, 3.8) is 0 Å². The molecular formula is C13H22N2S. The third kappa shape index (κ3) is 3.05. The van der Waals surface area contributed by atoms with Gasteiger partial charge in [-0.2, -0.15) is 0 Å². The summed E-state index contributed by atoms with van der Waals surface area (Å²) >= 11 is 1.93. The summed E-state index contributed by atoms with van der Waals surface area (Å²) in [6.45, 7) is 5.58. The van der Waals surface area contributed by atoms with E-state index in [1.54, 1.807) is 0 Å². The highest BCUT2D eigenvalue weighted by atomic mass is 32.1. The van der Waals surface area contributed by atoms with E-state index in [0.717, 1.165) is 6.42 Å². The number of piperidine rings is 1. The van der Waals surface area contributed by atoms with E-state index in [9.17, 15) is 0 Å². The number of rotatable bonds is 4. The number of hydrogen-bond acceptors (Lipinski definition) is 3. The van der Waals surface area contributed by atoms with Crippen LogP contribution in [0.4, 0.5) is 0 Å². The van der Waals surface area contributed by atoms with Gasteiger partial charge in [0.1, 0.15) is 0 Å². The molecule has 1 fully saturated rings. The van der Waals surface area contributed by atoms with Crippen LogP contribution in [0.2, 0.25) is 0 Å². The van der Waals surface area contributed by atoms with Crippen molar-refractivity contribution in [2.24, 2.45) is 0 Å². The van der Waals surface area contributed by atoms with Crippen LogP contribution in [0.1, 0.15) is 48.2 Å². The van der Waals surface area contributed by atoms with Crippen molar-refractivity contribution in [1.82, 2.24) is 10.3 Å². The molecule has 2 nitrogen and oxygen atoms in total. The van der Waals surface area contributed by atoms with Gasteiger partial charge in [0, 0.05) is 10.9 Å². The maximum absolute atomic E-state index is 4.66. The van der Waals surface area contributed by atoms with E-state index in [0.29, 0.717) is 6.04 Å². The van der Waals surface area contributed by atoms with Gasteiger partial charge in [-0.05, 0) is 45.6 Å². The van der Waals surface area contributed by atoms with Crippen LogP contribution < -0.4 is 5.32 Å². The van der Waals surface area contributed by atoms with Crippen molar-refractivity contribution < 1.29 is 0 Å². The Hall–Kier alpha value is -0.410. The van der Waals surface area contributed by atoms with Crippen LogP contribution in [-0.2, 0) is 12.8 Å². The summed E-state index contributed by atoms with van der Waals surface area (Å²) in [5.74, 6) is 0. The molecule has 1 N–H and O–H groups in total.